The smallest absolute Gasteiger partial charge is 0.123 e. The van der Waals surface area contributed by atoms with Crippen LogP contribution in [0.3, 0.4) is 0 Å². The summed E-state index contributed by atoms with van der Waals surface area (Å²) in [4.78, 5) is 6.82. The van der Waals surface area contributed by atoms with Crippen molar-refractivity contribution in [3.8, 4) is 0 Å². The molecule has 4 heteroatoms. The molecule has 18 heavy (non-hydrogen) atoms. The molecule has 0 saturated carbocycles. The van der Waals surface area contributed by atoms with Gasteiger partial charge in [-0.3, -0.25) is 4.90 Å². The Morgan fingerprint density at radius 2 is 2.22 bits per heavy atom. The van der Waals surface area contributed by atoms with Gasteiger partial charge in [-0.2, -0.15) is 0 Å². The molecule has 1 unspecified atom stereocenters. The molecule has 2 heterocycles. The standard InChI is InChI=1S/C14H25N3O/c1-11(2)17-9-7-15-13(17)10-16-8-5-6-12(16)14(3,4)18/h7,9,11-12,18H,5-6,8,10H2,1-4H3. The van der Waals surface area contributed by atoms with E-state index in [-0.39, 0.29) is 6.04 Å². The molecule has 1 aliphatic rings. The second-order valence-electron chi connectivity index (χ2n) is 6.13. The highest BCUT2D eigenvalue weighted by Gasteiger charge is 2.36. The fraction of sp³-hybridized carbons (Fsp3) is 0.786. The minimum absolute atomic E-state index is 0.245. The number of aliphatic hydroxyl groups is 1. The van der Waals surface area contributed by atoms with E-state index < -0.39 is 5.60 Å². The van der Waals surface area contributed by atoms with Crippen molar-refractivity contribution < 1.29 is 5.11 Å². The zero-order valence-corrected chi connectivity index (χ0v) is 11.9. The molecule has 0 bridgehead atoms. The normalized spacial score (nSPS) is 22.0. The third-order valence-corrected chi connectivity index (χ3v) is 3.83. The quantitative estimate of drug-likeness (QED) is 0.892. The number of hydrogen-bond acceptors (Lipinski definition) is 3. The van der Waals surface area contributed by atoms with E-state index in [0.29, 0.717) is 6.04 Å². The van der Waals surface area contributed by atoms with Gasteiger partial charge in [0.15, 0.2) is 0 Å². The summed E-state index contributed by atoms with van der Waals surface area (Å²) in [5.74, 6) is 1.10. The SMILES string of the molecule is CC(C)n1ccnc1CN1CCCC1C(C)(C)O. The van der Waals surface area contributed by atoms with Gasteiger partial charge in [-0.05, 0) is 47.1 Å². The molecule has 0 spiro atoms. The minimum Gasteiger partial charge on any atom is -0.389 e. The molecule has 1 atom stereocenters. The van der Waals surface area contributed by atoms with Gasteiger partial charge in [0.2, 0.25) is 0 Å². The Morgan fingerprint density at radius 1 is 1.50 bits per heavy atom. The predicted molar refractivity (Wildman–Crippen MR) is 72.3 cm³/mol. The van der Waals surface area contributed by atoms with Gasteiger partial charge < -0.3 is 9.67 Å². The van der Waals surface area contributed by atoms with E-state index in [1.54, 1.807) is 0 Å². The Labute approximate surface area is 110 Å². The Hall–Kier alpha value is -0.870. The van der Waals surface area contributed by atoms with Crippen molar-refractivity contribution in [2.24, 2.45) is 0 Å². The van der Waals surface area contributed by atoms with Crippen LogP contribution in [0, 0.1) is 0 Å². The Kier molecular flexibility index (Phi) is 3.78. The topological polar surface area (TPSA) is 41.3 Å². The Balaban J connectivity index is 2.11. The van der Waals surface area contributed by atoms with Crippen molar-refractivity contribution >= 4 is 0 Å². The van der Waals surface area contributed by atoms with Crippen LogP contribution >= 0.6 is 0 Å². The summed E-state index contributed by atoms with van der Waals surface area (Å²) < 4.78 is 2.21. The lowest BCUT2D eigenvalue weighted by Gasteiger charge is -2.33. The van der Waals surface area contributed by atoms with Crippen molar-refractivity contribution in [2.75, 3.05) is 6.54 Å². The molecule has 0 aromatic carbocycles. The third kappa shape index (κ3) is 2.75. The lowest BCUT2D eigenvalue weighted by atomic mass is 9.97. The van der Waals surface area contributed by atoms with Gasteiger partial charge in [0.25, 0.3) is 0 Å². The third-order valence-electron chi connectivity index (χ3n) is 3.83. The number of nitrogens with zero attached hydrogens (tertiary/aromatic N) is 3. The van der Waals surface area contributed by atoms with E-state index in [1.807, 2.05) is 26.2 Å². The Bertz CT molecular complexity index is 392. The number of likely N-dealkylation sites (tertiary alicyclic amines) is 1. The molecule has 1 fully saturated rings. The average molecular weight is 251 g/mol. The fourth-order valence-corrected chi connectivity index (χ4v) is 2.93. The molecule has 0 radical (unpaired) electrons. The molecule has 4 nitrogen and oxygen atoms in total. The van der Waals surface area contributed by atoms with Crippen molar-refractivity contribution in [2.45, 2.75) is 64.8 Å². The zero-order chi connectivity index (χ0) is 13.3. The molecule has 1 N–H and O–H groups in total. The first-order chi connectivity index (χ1) is 8.39. The summed E-state index contributed by atoms with van der Waals surface area (Å²) in [6.07, 6.45) is 6.14. The van der Waals surface area contributed by atoms with Gasteiger partial charge >= 0.3 is 0 Å². The molecule has 102 valence electrons. The number of imidazole rings is 1. The number of aromatic nitrogens is 2. The maximum absolute atomic E-state index is 10.2. The monoisotopic (exact) mass is 251 g/mol. The van der Waals surface area contributed by atoms with Crippen LogP contribution in [0.2, 0.25) is 0 Å². The van der Waals surface area contributed by atoms with Gasteiger partial charge in [0.05, 0.1) is 12.1 Å². The van der Waals surface area contributed by atoms with Gasteiger partial charge in [-0.15, -0.1) is 0 Å². The largest absolute Gasteiger partial charge is 0.389 e. The van der Waals surface area contributed by atoms with Gasteiger partial charge in [-0.25, -0.2) is 4.98 Å². The fourth-order valence-electron chi connectivity index (χ4n) is 2.93. The van der Waals surface area contributed by atoms with Crippen molar-refractivity contribution in [1.29, 1.82) is 0 Å². The lowest BCUT2D eigenvalue weighted by Crippen LogP contribution is -2.45. The molecule has 2 rings (SSSR count). The van der Waals surface area contributed by atoms with E-state index in [9.17, 15) is 5.11 Å². The summed E-state index contributed by atoms with van der Waals surface area (Å²) in [6.45, 7) is 10.0. The molecule has 1 aromatic heterocycles. The van der Waals surface area contributed by atoms with E-state index in [1.165, 1.54) is 0 Å². The predicted octanol–water partition coefficient (Wildman–Crippen LogP) is 2.20. The molecule has 1 aliphatic heterocycles. The second-order valence-corrected chi connectivity index (χ2v) is 6.13. The zero-order valence-electron chi connectivity index (χ0n) is 11.9. The highest BCUT2D eigenvalue weighted by atomic mass is 16.3. The summed E-state index contributed by atoms with van der Waals surface area (Å²) in [5, 5.41) is 10.2. The first-order valence-corrected chi connectivity index (χ1v) is 6.87. The van der Waals surface area contributed by atoms with Crippen LogP contribution in [0.5, 0.6) is 0 Å². The van der Waals surface area contributed by atoms with Crippen LogP contribution in [0.25, 0.3) is 0 Å². The van der Waals surface area contributed by atoms with E-state index >= 15 is 0 Å². The highest BCUT2D eigenvalue weighted by Crippen LogP contribution is 2.28. The lowest BCUT2D eigenvalue weighted by molar-refractivity contribution is -0.00610. The van der Waals surface area contributed by atoms with Crippen LogP contribution in [-0.2, 0) is 6.54 Å². The molecular weight excluding hydrogens is 226 g/mol. The second kappa shape index (κ2) is 5.02. The van der Waals surface area contributed by atoms with E-state index in [2.05, 4.69) is 28.3 Å². The number of rotatable bonds is 4. The van der Waals surface area contributed by atoms with Crippen molar-refractivity contribution in [3.05, 3.63) is 18.2 Å². The van der Waals surface area contributed by atoms with Crippen LogP contribution in [0.15, 0.2) is 12.4 Å². The molecular formula is C14H25N3O. The minimum atomic E-state index is -0.633. The van der Waals surface area contributed by atoms with Crippen LogP contribution in [-0.4, -0.2) is 37.7 Å². The van der Waals surface area contributed by atoms with Crippen molar-refractivity contribution in [1.82, 2.24) is 14.5 Å². The summed E-state index contributed by atoms with van der Waals surface area (Å²) >= 11 is 0. The molecule has 1 aromatic rings. The first-order valence-electron chi connectivity index (χ1n) is 6.87. The summed E-state index contributed by atoms with van der Waals surface area (Å²) in [5.41, 5.74) is -0.633. The van der Waals surface area contributed by atoms with Crippen molar-refractivity contribution in [3.63, 3.8) is 0 Å². The molecule has 0 amide bonds. The van der Waals surface area contributed by atoms with Crippen LogP contribution in [0.1, 0.15) is 52.4 Å². The molecule has 0 aliphatic carbocycles. The maximum atomic E-state index is 10.2. The summed E-state index contributed by atoms with van der Waals surface area (Å²) in [6, 6.07) is 0.681. The Morgan fingerprint density at radius 3 is 2.83 bits per heavy atom. The van der Waals surface area contributed by atoms with Crippen LogP contribution < -0.4 is 0 Å². The van der Waals surface area contributed by atoms with Gasteiger partial charge in [0, 0.05) is 24.5 Å². The van der Waals surface area contributed by atoms with Crippen LogP contribution in [0.4, 0.5) is 0 Å². The van der Waals surface area contributed by atoms with E-state index in [0.717, 1.165) is 31.8 Å². The first kappa shape index (κ1) is 13.6. The van der Waals surface area contributed by atoms with E-state index in [4.69, 9.17) is 0 Å². The summed E-state index contributed by atoms with van der Waals surface area (Å²) in [7, 11) is 0. The van der Waals surface area contributed by atoms with Gasteiger partial charge in [-0.1, -0.05) is 0 Å². The number of hydrogen-bond donors (Lipinski definition) is 1. The maximum Gasteiger partial charge on any atom is 0.123 e. The highest BCUT2D eigenvalue weighted by molar-refractivity contribution is 4.98. The molecule has 1 saturated heterocycles. The average Bonchev–Trinajstić information content (AvgIpc) is 2.85. The van der Waals surface area contributed by atoms with Gasteiger partial charge in [0.1, 0.15) is 5.82 Å².